The number of carbonyl (C=O) groups excluding carboxylic acids is 2. The van der Waals surface area contributed by atoms with Gasteiger partial charge in [-0.05, 0) is 44.2 Å². The Morgan fingerprint density at radius 1 is 1.11 bits per heavy atom. The minimum atomic E-state index is -0.353. The number of fused-ring (bicyclic) bond motifs is 2. The molecule has 0 bridgehead atoms. The van der Waals surface area contributed by atoms with Crippen molar-refractivity contribution in [3.05, 3.63) is 50.6 Å². The van der Waals surface area contributed by atoms with Crippen LogP contribution in [0, 0.1) is 0 Å². The van der Waals surface area contributed by atoms with E-state index >= 15 is 0 Å². The molecule has 36 heavy (non-hydrogen) atoms. The first kappa shape index (κ1) is 25.2. The number of H-pyrrole nitrogens is 1. The van der Waals surface area contributed by atoms with Gasteiger partial charge >= 0.3 is 0 Å². The van der Waals surface area contributed by atoms with Gasteiger partial charge in [-0.3, -0.25) is 9.59 Å². The van der Waals surface area contributed by atoms with Gasteiger partial charge in [0.05, 0.1) is 30.0 Å². The summed E-state index contributed by atoms with van der Waals surface area (Å²) >= 11 is 7.53. The fourth-order valence-corrected chi connectivity index (χ4v) is 6.34. The molecular formula is C25H30ClN5O4S. The van der Waals surface area contributed by atoms with Gasteiger partial charge in [-0.2, -0.15) is 0 Å². The van der Waals surface area contributed by atoms with Crippen molar-refractivity contribution in [3.63, 3.8) is 0 Å². The van der Waals surface area contributed by atoms with Crippen LogP contribution in [0.2, 0.25) is 5.02 Å². The van der Waals surface area contributed by atoms with Gasteiger partial charge in [-0.15, -0.1) is 11.3 Å². The molecule has 1 aliphatic carbocycles. The molecule has 9 nitrogen and oxygen atoms in total. The summed E-state index contributed by atoms with van der Waals surface area (Å²) < 4.78 is 11.3. The minimum Gasteiger partial charge on any atom is -0.379 e. The number of thiazole rings is 1. The molecule has 5 rings (SSSR count). The Bertz CT molecular complexity index is 1280. The molecular weight excluding hydrogens is 502 g/mol. The number of halogens is 1. The number of benzene rings is 1. The molecule has 2 aliphatic rings. The van der Waals surface area contributed by atoms with E-state index < -0.39 is 0 Å². The number of amides is 2. The summed E-state index contributed by atoms with van der Waals surface area (Å²) in [5.74, 6) is -0.489. The molecule has 1 aromatic carbocycles. The number of nitrogens with zero attached hydrogens (tertiary/aromatic N) is 2. The Morgan fingerprint density at radius 2 is 1.81 bits per heavy atom. The summed E-state index contributed by atoms with van der Waals surface area (Å²) in [7, 11) is 5.33. The Kier molecular flexibility index (Phi) is 7.32. The first-order valence-electron chi connectivity index (χ1n) is 12.0. The zero-order chi connectivity index (χ0) is 25.4. The molecule has 3 aromatic rings. The molecule has 11 heteroatoms. The van der Waals surface area contributed by atoms with Crippen molar-refractivity contribution in [2.75, 3.05) is 27.8 Å². The standard InChI is InChI=1S/C25H30ClN5O4S/c1-31-7-6-16-22(12-31)36-25(30-16)24(33)29-18-11-21(35-3)20(34-2)10-17(18)28-23(32)19-9-13-8-14(26)4-5-15(13)27-19/h4-5,8-9,17-18,20-21,27H,6-7,10-12H2,1-3H3,(H,28,32)(H,29,33)/t17-,18+,20+,21-/m1/s1. The first-order valence-corrected chi connectivity index (χ1v) is 13.2. The van der Waals surface area contributed by atoms with Gasteiger partial charge in [0.25, 0.3) is 11.8 Å². The molecule has 0 radical (unpaired) electrons. The number of aromatic amines is 1. The average molecular weight is 532 g/mol. The molecule has 0 spiro atoms. The van der Waals surface area contributed by atoms with Crippen LogP contribution < -0.4 is 10.6 Å². The van der Waals surface area contributed by atoms with E-state index in [0.717, 1.165) is 41.0 Å². The monoisotopic (exact) mass is 531 g/mol. The van der Waals surface area contributed by atoms with Crippen molar-refractivity contribution in [2.45, 2.75) is 50.1 Å². The number of rotatable bonds is 6. The maximum absolute atomic E-state index is 13.2. The lowest BCUT2D eigenvalue weighted by molar-refractivity contribution is -0.0709. The van der Waals surface area contributed by atoms with E-state index in [1.54, 1.807) is 26.4 Å². The lowest BCUT2D eigenvalue weighted by atomic mass is 9.85. The second-order valence-electron chi connectivity index (χ2n) is 9.47. The average Bonchev–Trinajstić information content (AvgIpc) is 3.48. The second kappa shape index (κ2) is 10.5. The van der Waals surface area contributed by atoms with Crippen LogP contribution in [-0.4, -0.2) is 78.8 Å². The number of hydrogen-bond donors (Lipinski definition) is 3. The molecule has 3 N–H and O–H groups in total. The Balaban J connectivity index is 1.34. The number of carbonyl (C=O) groups is 2. The van der Waals surface area contributed by atoms with E-state index in [1.807, 2.05) is 12.1 Å². The van der Waals surface area contributed by atoms with Crippen LogP contribution in [0.25, 0.3) is 10.9 Å². The third kappa shape index (κ3) is 5.14. The van der Waals surface area contributed by atoms with Gasteiger partial charge < -0.3 is 30.0 Å². The predicted molar refractivity (Wildman–Crippen MR) is 139 cm³/mol. The SMILES string of the molecule is CO[C@H]1C[C@@H](NC(=O)c2cc3cc(Cl)ccc3[nH]2)[C@@H](NC(=O)c2nc3c(s2)CN(C)CC3)C[C@H]1OC. The number of nitrogens with one attached hydrogen (secondary N) is 3. The second-order valence-corrected chi connectivity index (χ2v) is 11.0. The Morgan fingerprint density at radius 3 is 2.50 bits per heavy atom. The fourth-order valence-electron chi connectivity index (χ4n) is 5.07. The third-order valence-electron chi connectivity index (χ3n) is 7.06. The van der Waals surface area contributed by atoms with E-state index in [1.165, 1.54) is 11.3 Å². The lowest BCUT2D eigenvalue weighted by Gasteiger charge is -2.40. The quantitative estimate of drug-likeness (QED) is 0.451. The normalized spacial score (nSPS) is 24.4. The molecule has 0 saturated heterocycles. The van der Waals surface area contributed by atoms with E-state index in [4.69, 9.17) is 21.1 Å². The summed E-state index contributed by atoms with van der Waals surface area (Å²) in [6.45, 7) is 1.74. The highest BCUT2D eigenvalue weighted by atomic mass is 35.5. The zero-order valence-corrected chi connectivity index (χ0v) is 22.0. The van der Waals surface area contributed by atoms with Gasteiger partial charge in [0.15, 0.2) is 5.01 Å². The molecule has 192 valence electrons. The summed E-state index contributed by atoms with van der Waals surface area (Å²) in [5.41, 5.74) is 2.26. The smallest absolute Gasteiger partial charge is 0.280 e. The van der Waals surface area contributed by atoms with Gasteiger partial charge in [-0.1, -0.05) is 11.6 Å². The van der Waals surface area contributed by atoms with E-state index in [0.29, 0.717) is 28.6 Å². The Hall–Kier alpha value is -2.50. The van der Waals surface area contributed by atoms with Crippen LogP contribution >= 0.6 is 22.9 Å². The topological polar surface area (TPSA) is 109 Å². The van der Waals surface area contributed by atoms with E-state index in [2.05, 4.69) is 32.5 Å². The molecule has 1 saturated carbocycles. The molecule has 4 atom stereocenters. The van der Waals surface area contributed by atoms with Crippen molar-refractivity contribution in [2.24, 2.45) is 0 Å². The van der Waals surface area contributed by atoms with Gasteiger partial charge in [0, 0.05) is 54.5 Å². The van der Waals surface area contributed by atoms with Crippen LogP contribution in [0.1, 0.15) is 43.7 Å². The molecule has 0 unspecified atom stereocenters. The molecule has 3 heterocycles. The van der Waals surface area contributed by atoms with Crippen molar-refractivity contribution >= 4 is 45.7 Å². The maximum atomic E-state index is 13.2. The van der Waals surface area contributed by atoms with Crippen molar-refractivity contribution < 1.29 is 19.1 Å². The highest BCUT2D eigenvalue weighted by Gasteiger charge is 2.40. The highest BCUT2D eigenvalue weighted by molar-refractivity contribution is 7.13. The maximum Gasteiger partial charge on any atom is 0.280 e. The van der Waals surface area contributed by atoms with Crippen molar-refractivity contribution in [1.82, 2.24) is 25.5 Å². The van der Waals surface area contributed by atoms with E-state index in [9.17, 15) is 9.59 Å². The summed E-state index contributed by atoms with van der Waals surface area (Å²) in [4.78, 5) is 37.5. The molecule has 2 aromatic heterocycles. The summed E-state index contributed by atoms with van der Waals surface area (Å²) in [5, 5.41) is 8.14. The molecule has 1 aliphatic heterocycles. The fraction of sp³-hybridized carbons (Fsp3) is 0.480. The van der Waals surface area contributed by atoms with Gasteiger partial charge in [0.2, 0.25) is 0 Å². The molecule has 1 fully saturated rings. The zero-order valence-electron chi connectivity index (χ0n) is 20.5. The van der Waals surface area contributed by atoms with E-state index in [-0.39, 0.29) is 36.1 Å². The highest BCUT2D eigenvalue weighted by Crippen LogP contribution is 2.28. The Labute approximate surface area is 218 Å². The minimum absolute atomic E-state index is 0.207. The number of likely N-dealkylation sites (N-methyl/N-ethyl adjacent to an activating group) is 1. The predicted octanol–water partition coefficient (Wildman–Crippen LogP) is 2.99. The third-order valence-corrected chi connectivity index (χ3v) is 8.37. The number of hydrogen-bond acceptors (Lipinski definition) is 7. The van der Waals surface area contributed by atoms with Crippen LogP contribution in [-0.2, 0) is 22.4 Å². The summed E-state index contributed by atoms with van der Waals surface area (Å²) in [6, 6.07) is 6.50. The van der Waals surface area contributed by atoms with Crippen LogP contribution in [0.4, 0.5) is 0 Å². The number of aromatic nitrogens is 2. The van der Waals surface area contributed by atoms with Crippen LogP contribution in [0.15, 0.2) is 24.3 Å². The van der Waals surface area contributed by atoms with Crippen molar-refractivity contribution in [1.29, 1.82) is 0 Å². The van der Waals surface area contributed by atoms with Gasteiger partial charge in [0.1, 0.15) is 5.69 Å². The van der Waals surface area contributed by atoms with Crippen LogP contribution in [0.3, 0.4) is 0 Å². The van der Waals surface area contributed by atoms with Gasteiger partial charge in [-0.25, -0.2) is 4.98 Å². The number of methoxy groups -OCH3 is 2. The molecule has 2 amide bonds. The first-order chi connectivity index (χ1) is 17.3. The van der Waals surface area contributed by atoms with Crippen LogP contribution in [0.5, 0.6) is 0 Å². The number of ether oxygens (including phenoxy) is 2. The lowest BCUT2D eigenvalue weighted by Crippen LogP contribution is -2.59. The summed E-state index contributed by atoms with van der Waals surface area (Å²) in [6.07, 6.45) is 1.42. The largest absolute Gasteiger partial charge is 0.379 e. The van der Waals surface area contributed by atoms with Crippen molar-refractivity contribution in [3.8, 4) is 0 Å².